The number of carbonyl (C=O) groups is 1. The minimum atomic E-state index is -0.332. The molecule has 1 fully saturated rings. The number of anilines is 1. The smallest absolute Gasteiger partial charge is 0.246 e. The lowest BCUT2D eigenvalue weighted by molar-refractivity contribution is -0.143. The molecule has 2 aromatic heterocycles. The fraction of sp³-hybridized carbons (Fsp3) is 0.385. The summed E-state index contributed by atoms with van der Waals surface area (Å²) in [4.78, 5) is 16.7. The predicted molar refractivity (Wildman–Crippen MR) is 133 cm³/mol. The van der Waals surface area contributed by atoms with Crippen LogP contribution in [0.3, 0.4) is 0 Å². The van der Waals surface area contributed by atoms with Crippen molar-refractivity contribution in [3.63, 3.8) is 0 Å². The molecule has 178 valence electrons. The van der Waals surface area contributed by atoms with E-state index in [1.54, 1.807) is 18.5 Å². The van der Waals surface area contributed by atoms with Gasteiger partial charge in [-0.1, -0.05) is 12.6 Å². The highest BCUT2D eigenvalue weighted by molar-refractivity contribution is 5.88. The van der Waals surface area contributed by atoms with E-state index in [4.69, 9.17) is 0 Å². The molecule has 2 N–H and O–H groups in total. The number of nitrogens with one attached hydrogen (secondary N) is 1. The molecule has 0 aliphatic carbocycles. The maximum Gasteiger partial charge on any atom is 0.246 e. The third kappa shape index (κ3) is 4.27. The number of hydrogen-bond acceptors (Lipinski definition) is 6. The minimum Gasteiger partial charge on any atom is -0.507 e. The second kappa shape index (κ2) is 8.59. The molecular weight excluding hydrogens is 428 g/mol. The Balaban J connectivity index is 1.54. The fourth-order valence-electron chi connectivity index (χ4n) is 5.37. The molecule has 3 aromatic rings. The number of carbonyl (C=O) groups excluding carboxylic acids is 1. The van der Waals surface area contributed by atoms with E-state index < -0.39 is 0 Å². The van der Waals surface area contributed by atoms with Crippen molar-refractivity contribution in [3.05, 3.63) is 55.4 Å². The highest BCUT2D eigenvalue weighted by Crippen LogP contribution is 2.41. The Hall–Kier alpha value is -3.68. The van der Waals surface area contributed by atoms with Crippen LogP contribution in [0.25, 0.3) is 22.4 Å². The average molecular weight is 461 g/mol. The van der Waals surface area contributed by atoms with Crippen LogP contribution in [-0.4, -0.2) is 60.5 Å². The fourth-order valence-corrected chi connectivity index (χ4v) is 5.37. The second-order valence-electron chi connectivity index (χ2n) is 10.2. The van der Waals surface area contributed by atoms with Crippen LogP contribution in [0.1, 0.15) is 40.5 Å². The molecule has 4 rings (SSSR count). The Morgan fingerprint density at radius 3 is 2.38 bits per heavy atom. The lowest BCUT2D eigenvalue weighted by Gasteiger charge is -2.56. The Morgan fingerprint density at radius 2 is 1.85 bits per heavy atom. The summed E-state index contributed by atoms with van der Waals surface area (Å²) < 4.78 is 0. The summed E-state index contributed by atoms with van der Waals surface area (Å²) in [5.74, 6) is 0.842. The summed E-state index contributed by atoms with van der Waals surface area (Å²) in [6.07, 6.45) is 6.48. The van der Waals surface area contributed by atoms with Crippen LogP contribution in [-0.2, 0) is 4.79 Å². The molecule has 0 atom stereocenters. The van der Waals surface area contributed by atoms with Gasteiger partial charge in [0.15, 0.2) is 5.82 Å². The molecule has 1 aromatic carbocycles. The summed E-state index contributed by atoms with van der Waals surface area (Å²) in [7, 11) is 2.02. The van der Waals surface area contributed by atoms with E-state index >= 15 is 0 Å². The molecule has 1 saturated heterocycles. The van der Waals surface area contributed by atoms with Crippen molar-refractivity contribution in [2.75, 3.05) is 11.9 Å². The molecule has 1 aliphatic heterocycles. The molecule has 0 radical (unpaired) electrons. The first-order valence-electron chi connectivity index (χ1n) is 11.4. The SMILES string of the molecule is C=CC(=O)N1C(C)(C)CC(N(C)c2ccc(-c3ccc(-c4cn[nH]c4)cc3O)nn2)CC1(C)C. The summed E-state index contributed by atoms with van der Waals surface area (Å²) >= 11 is 0. The van der Waals surface area contributed by atoms with E-state index in [0.717, 1.165) is 29.8 Å². The zero-order chi connectivity index (χ0) is 24.7. The van der Waals surface area contributed by atoms with Crippen molar-refractivity contribution >= 4 is 11.7 Å². The number of hydrogen-bond donors (Lipinski definition) is 2. The van der Waals surface area contributed by atoms with Gasteiger partial charge in [0.1, 0.15) is 5.75 Å². The molecule has 3 heterocycles. The first-order chi connectivity index (χ1) is 16.0. The number of piperidine rings is 1. The van der Waals surface area contributed by atoms with Crippen LogP contribution in [0.15, 0.2) is 55.4 Å². The van der Waals surface area contributed by atoms with Gasteiger partial charge in [-0.2, -0.15) is 5.10 Å². The number of aromatic amines is 1. The number of benzene rings is 1. The van der Waals surface area contributed by atoms with Crippen molar-refractivity contribution in [3.8, 4) is 28.1 Å². The number of likely N-dealkylation sites (tertiary alicyclic amines) is 1. The van der Waals surface area contributed by atoms with Gasteiger partial charge in [-0.15, -0.1) is 10.2 Å². The first-order valence-corrected chi connectivity index (χ1v) is 11.4. The van der Waals surface area contributed by atoms with Gasteiger partial charge in [0.05, 0.1) is 11.9 Å². The van der Waals surface area contributed by atoms with Crippen molar-refractivity contribution in [1.29, 1.82) is 0 Å². The Bertz CT molecular complexity index is 1170. The standard InChI is InChI=1S/C26H32N6O2/c1-7-24(34)32-25(2,3)13-19(14-26(32,4)5)31(6)23-11-10-21(29-30-23)20-9-8-17(12-22(20)33)18-15-27-28-16-18/h7-12,15-16,19,33H,1,13-14H2,2-6H3,(H,27,28). The number of phenolic OH excluding ortho intramolecular Hbond substituents is 1. The van der Waals surface area contributed by atoms with Crippen molar-refractivity contribution in [1.82, 2.24) is 25.3 Å². The first kappa shape index (κ1) is 23.5. The summed E-state index contributed by atoms with van der Waals surface area (Å²) in [5, 5.41) is 26.2. The summed E-state index contributed by atoms with van der Waals surface area (Å²) in [6.45, 7) is 12.1. The number of H-pyrrole nitrogens is 1. The minimum absolute atomic E-state index is 0.0427. The zero-order valence-corrected chi connectivity index (χ0v) is 20.4. The van der Waals surface area contributed by atoms with E-state index in [0.29, 0.717) is 11.3 Å². The van der Waals surface area contributed by atoms with Crippen LogP contribution in [0, 0.1) is 0 Å². The molecule has 1 amide bonds. The Kier molecular flexibility index (Phi) is 5.93. The normalized spacial score (nSPS) is 17.4. The van der Waals surface area contributed by atoms with Crippen molar-refractivity contribution < 1.29 is 9.90 Å². The summed E-state index contributed by atoms with van der Waals surface area (Å²) in [5.41, 5.74) is 2.32. The quantitative estimate of drug-likeness (QED) is 0.547. The highest BCUT2D eigenvalue weighted by atomic mass is 16.3. The van der Waals surface area contributed by atoms with Gasteiger partial charge in [-0.05, 0) is 76.4 Å². The van der Waals surface area contributed by atoms with Crippen molar-refractivity contribution in [2.45, 2.75) is 57.7 Å². The van der Waals surface area contributed by atoms with E-state index in [1.165, 1.54) is 6.08 Å². The molecule has 0 unspecified atom stereocenters. The van der Waals surface area contributed by atoms with Crippen LogP contribution in [0.2, 0.25) is 0 Å². The zero-order valence-electron chi connectivity index (χ0n) is 20.4. The molecule has 0 bridgehead atoms. The monoisotopic (exact) mass is 460 g/mol. The number of phenols is 1. The molecule has 0 spiro atoms. The van der Waals surface area contributed by atoms with E-state index in [-0.39, 0.29) is 28.8 Å². The van der Waals surface area contributed by atoms with Gasteiger partial charge < -0.3 is 14.9 Å². The average Bonchev–Trinajstić information content (AvgIpc) is 3.32. The third-order valence-electron chi connectivity index (χ3n) is 6.74. The number of rotatable bonds is 5. The molecular formula is C26H32N6O2. The molecule has 8 nitrogen and oxygen atoms in total. The van der Waals surface area contributed by atoms with Crippen LogP contribution < -0.4 is 4.90 Å². The maximum atomic E-state index is 12.6. The maximum absolute atomic E-state index is 12.6. The number of aromatic nitrogens is 4. The van der Waals surface area contributed by atoms with Crippen LogP contribution in [0.4, 0.5) is 5.82 Å². The molecule has 34 heavy (non-hydrogen) atoms. The van der Waals surface area contributed by atoms with Gasteiger partial charge in [0, 0.05) is 41.5 Å². The Morgan fingerprint density at radius 1 is 1.15 bits per heavy atom. The molecule has 8 heteroatoms. The lowest BCUT2D eigenvalue weighted by Crippen LogP contribution is -2.65. The van der Waals surface area contributed by atoms with E-state index in [9.17, 15) is 9.90 Å². The topological polar surface area (TPSA) is 98.2 Å². The van der Waals surface area contributed by atoms with Gasteiger partial charge in [-0.25, -0.2) is 0 Å². The van der Waals surface area contributed by atoms with Crippen LogP contribution in [0.5, 0.6) is 5.75 Å². The molecule has 1 aliphatic rings. The third-order valence-corrected chi connectivity index (χ3v) is 6.74. The van der Waals surface area contributed by atoms with E-state index in [2.05, 4.69) is 59.6 Å². The molecule has 0 saturated carbocycles. The highest BCUT2D eigenvalue weighted by Gasteiger charge is 2.48. The van der Waals surface area contributed by atoms with Crippen LogP contribution >= 0.6 is 0 Å². The number of aromatic hydroxyl groups is 1. The van der Waals surface area contributed by atoms with Gasteiger partial charge in [0.2, 0.25) is 5.91 Å². The lowest BCUT2D eigenvalue weighted by atomic mass is 9.76. The van der Waals surface area contributed by atoms with Gasteiger partial charge >= 0.3 is 0 Å². The predicted octanol–water partition coefficient (Wildman–Crippen LogP) is 4.41. The van der Waals surface area contributed by atoms with E-state index in [1.807, 2.05) is 36.2 Å². The number of amides is 1. The largest absolute Gasteiger partial charge is 0.507 e. The summed E-state index contributed by atoms with van der Waals surface area (Å²) in [6, 6.07) is 9.43. The second-order valence-corrected chi connectivity index (χ2v) is 10.2. The number of nitrogens with zero attached hydrogens (tertiary/aromatic N) is 5. The van der Waals surface area contributed by atoms with Gasteiger partial charge in [-0.3, -0.25) is 9.89 Å². The Labute approximate surface area is 200 Å². The van der Waals surface area contributed by atoms with Crippen molar-refractivity contribution in [2.24, 2.45) is 0 Å². The van der Waals surface area contributed by atoms with Gasteiger partial charge in [0.25, 0.3) is 0 Å².